The molecule has 1 aromatic heterocycles. The number of aromatic nitrogens is 1. The molecule has 2 rings (SSSR count). The Morgan fingerprint density at radius 3 is 2.75 bits per heavy atom. The summed E-state index contributed by atoms with van der Waals surface area (Å²) in [5.74, 6) is 0.649. The monoisotopic (exact) mass is 395 g/mol. The van der Waals surface area contributed by atoms with Crippen LogP contribution in [0, 0.1) is 12.8 Å². The van der Waals surface area contributed by atoms with Gasteiger partial charge in [-0.3, -0.25) is 0 Å². The van der Waals surface area contributed by atoms with Gasteiger partial charge in [0.25, 0.3) is 0 Å². The standard InChI is InChI=1S/C18H21NO4Se/c1-5-22-18(21)16-12(4)19-17(24-16)13-6-7-15(14(8-13)9-20)23-10-11(2)3/h6-9,11H,5,10H2,1-4H3. The van der Waals surface area contributed by atoms with Gasteiger partial charge >= 0.3 is 147 Å². The molecular formula is C18H21NO4Se. The van der Waals surface area contributed by atoms with Crippen LogP contribution in [0.1, 0.15) is 46.1 Å². The fourth-order valence-electron chi connectivity index (χ4n) is 2.07. The third kappa shape index (κ3) is 4.34. The van der Waals surface area contributed by atoms with Gasteiger partial charge in [-0.15, -0.1) is 0 Å². The molecule has 6 heteroatoms. The molecule has 2 aromatic rings. The molecule has 1 aromatic carbocycles. The fourth-order valence-corrected chi connectivity index (χ4v) is 4.07. The number of carbonyl (C=O) groups excluding carboxylic acids is 2. The molecule has 1 heterocycles. The zero-order chi connectivity index (χ0) is 17.7. The second-order valence-electron chi connectivity index (χ2n) is 5.73. The zero-order valence-corrected chi connectivity index (χ0v) is 16.0. The first-order valence-corrected chi connectivity index (χ1v) is 9.54. The SMILES string of the molecule is CCOC(=O)c1[se]c(-c2ccc(OCC(C)C)c(C=O)c2)nc1C. The van der Waals surface area contributed by atoms with Crippen LogP contribution in [0.2, 0.25) is 0 Å². The maximum atomic E-state index is 11.9. The van der Waals surface area contributed by atoms with E-state index in [0.29, 0.717) is 40.6 Å². The van der Waals surface area contributed by atoms with E-state index >= 15 is 0 Å². The van der Waals surface area contributed by atoms with Crippen molar-refractivity contribution in [1.82, 2.24) is 4.98 Å². The molecule has 0 atom stereocenters. The molecule has 0 unspecified atom stereocenters. The normalized spacial score (nSPS) is 10.7. The second-order valence-corrected chi connectivity index (χ2v) is 7.83. The maximum absolute atomic E-state index is 11.9. The molecule has 0 aliphatic heterocycles. The third-order valence-corrected chi connectivity index (χ3v) is 5.70. The molecule has 24 heavy (non-hydrogen) atoms. The number of aryl methyl sites for hydroxylation is 1. The summed E-state index contributed by atoms with van der Waals surface area (Å²) in [5.41, 5.74) is 2.03. The number of carbonyl (C=O) groups is 2. The van der Waals surface area contributed by atoms with E-state index in [-0.39, 0.29) is 20.5 Å². The molecule has 128 valence electrons. The quantitative estimate of drug-likeness (QED) is 0.410. The molecule has 0 amide bonds. The summed E-state index contributed by atoms with van der Waals surface area (Å²) in [4.78, 5) is 27.8. The average molecular weight is 394 g/mol. The molecular weight excluding hydrogens is 373 g/mol. The van der Waals surface area contributed by atoms with E-state index in [2.05, 4.69) is 18.8 Å². The van der Waals surface area contributed by atoms with Crippen molar-refractivity contribution in [2.24, 2.45) is 5.92 Å². The van der Waals surface area contributed by atoms with Crippen LogP contribution in [0.15, 0.2) is 18.2 Å². The van der Waals surface area contributed by atoms with Gasteiger partial charge in [-0.2, -0.15) is 0 Å². The number of hydrogen-bond donors (Lipinski definition) is 0. The number of hydrogen-bond acceptors (Lipinski definition) is 5. The first-order valence-electron chi connectivity index (χ1n) is 7.83. The molecule has 0 fully saturated rings. The van der Waals surface area contributed by atoms with Crippen LogP contribution in [0.4, 0.5) is 0 Å². The summed E-state index contributed by atoms with van der Waals surface area (Å²) in [6, 6.07) is 5.44. The number of benzene rings is 1. The van der Waals surface area contributed by atoms with Gasteiger partial charge in [0.15, 0.2) is 0 Å². The molecule has 0 aliphatic rings. The summed E-state index contributed by atoms with van der Waals surface area (Å²) in [6.45, 7) is 8.59. The molecule has 0 radical (unpaired) electrons. The van der Waals surface area contributed by atoms with E-state index in [1.165, 1.54) is 0 Å². The molecule has 0 bridgehead atoms. The summed E-state index contributed by atoms with van der Waals surface area (Å²) < 4.78 is 12.2. The number of esters is 1. The van der Waals surface area contributed by atoms with Gasteiger partial charge in [0, 0.05) is 0 Å². The van der Waals surface area contributed by atoms with Crippen molar-refractivity contribution in [3.05, 3.63) is 33.9 Å². The molecule has 5 nitrogen and oxygen atoms in total. The predicted molar refractivity (Wildman–Crippen MR) is 93.0 cm³/mol. The Morgan fingerprint density at radius 1 is 1.38 bits per heavy atom. The van der Waals surface area contributed by atoms with Gasteiger partial charge < -0.3 is 0 Å². The van der Waals surface area contributed by atoms with Crippen molar-refractivity contribution >= 4 is 26.8 Å². The Balaban J connectivity index is 2.31. The Morgan fingerprint density at radius 2 is 2.12 bits per heavy atom. The molecule has 0 saturated carbocycles. The Kier molecular flexibility index (Phi) is 6.35. The van der Waals surface area contributed by atoms with Gasteiger partial charge in [0.05, 0.1) is 0 Å². The van der Waals surface area contributed by atoms with Crippen molar-refractivity contribution in [3.63, 3.8) is 0 Å². The van der Waals surface area contributed by atoms with E-state index in [9.17, 15) is 9.59 Å². The third-order valence-electron chi connectivity index (χ3n) is 3.21. The fraction of sp³-hybridized carbons (Fsp3) is 0.389. The minimum absolute atomic E-state index is 0.225. The summed E-state index contributed by atoms with van der Waals surface area (Å²) >= 11 is -0.225. The van der Waals surface area contributed by atoms with Crippen molar-refractivity contribution in [2.45, 2.75) is 27.7 Å². The topological polar surface area (TPSA) is 65.5 Å². The van der Waals surface area contributed by atoms with Crippen molar-refractivity contribution < 1.29 is 19.1 Å². The van der Waals surface area contributed by atoms with Crippen molar-refractivity contribution in [2.75, 3.05) is 13.2 Å². The van der Waals surface area contributed by atoms with Crippen LogP contribution in [0.25, 0.3) is 10.1 Å². The molecule has 0 N–H and O–H groups in total. The van der Waals surface area contributed by atoms with E-state index < -0.39 is 0 Å². The van der Waals surface area contributed by atoms with Gasteiger partial charge in [-0.25, -0.2) is 0 Å². The number of aldehydes is 1. The number of nitrogens with zero attached hydrogens (tertiary/aromatic N) is 1. The molecule has 0 aliphatic carbocycles. The van der Waals surface area contributed by atoms with Crippen LogP contribution in [0.5, 0.6) is 5.75 Å². The molecule has 0 saturated heterocycles. The molecule has 0 spiro atoms. The minimum atomic E-state index is -0.304. The predicted octanol–water partition coefficient (Wildman–Crippen LogP) is 3.14. The zero-order valence-electron chi connectivity index (χ0n) is 14.3. The summed E-state index contributed by atoms with van der Waals surface area (Å²) in [5, 5.41) is 0. The number of rotatable bonds is 7. The van der Waals surface area contributed by atoms with Gasteiger partial charge in [-0.1, -0.05) is 0 Å². The van der Waals surface area contributed by atoms with E-state index in [1.54, 1.807) is 19.1 Å². The van der Waals surface area contributed by atoms with Crippen LogP contribution in [-0.4, -0.2) is 45.0 Å². The summed E-state index contributed by atoms with van der Waals surface area (Å²) in [7, 11) is 0. The number of ether oxygens (including phenoxy) is 2. The van der Waals surface area contributed by atoms with Gasteiger partial charge in [-0.05, 0) is 0 Å². The first kappa shape index (κ1) is 18.4. The average Bonchev–Trinajstić information content (AvgIpc) is 2.94. The summed E-state index contributed by atoms with van der Waals surface area (Å²) in [6.07, 6.45) is 0.786. The Hall–Kier alpha value is -1.91. The van der Waals surface area contributed by atoms with Gasteiger partial charge in [0.2, 0.25) is 0 Å². The van der Waals surface area contributed by atoms with Crippen molar-refractivity contribution in [1.29, 1.82) is 0 Å². The Bertz CT molecular complexity index is 737. The van der Waals surface area contributed by atoms with E-state index in [4.69, 9.17) is 9.47 Å². The first-order chi connectivity index (χ1) is 11.5. The van der Waals surface area contributed by atoms with Crippen LogP contribution >= 0.6 is 0 Å². The van der Waals surface area contributed by atoms with Crippen LogP contribution in [-0.2, 0) is 4.74 Å². The second kappa shape index (κ2) is 8.27. The Labute approximate surface area is 147 Å². The van der Waals surface area contributed by atoms with Crippen LogP contribution in [0.3, 0.4) is 0 Å². The van der Waals surface area contributed by atoms with Crippen molar-refractivity contribution in [3.8, 4) is 15.9 Å². The van der Waals surface area contributed by atoms with E-state index in [1.807, 2.05) is 13.0 Å². The van der Waals surface area contributed by atoms with Gasteiger partial charge in [0.1, 0.15) is 0 Å². The van der Waals surface area contributed by atoms with E-state index in [0.717, 1.165) is 16.4 Å². The van der Waals surface area contributed by atoms with Crippen LogP contribution < -0.4 is 4.74 Å².